The minimum Gasteiger partial charge on any atom is -0.496 e. The molecule has 2 heterocycles. The van der Waals surface area contributed by atoms with E-state index in [0.29, 0.717) is 6.61 Å². The number of para-hydroxylation sites is 2. The topological polar surface area (TPSA) is 39.7 Å². The lowest BCUT2D eigenvalue weighted by atomic mass is 10.1. The normalized spacial score (nSPS) is 23.2. The first-order valence-electron chi connectivity index (χ1n) is 6.77. The zero-order chi connectivity index (χ0) is 13.1. The molecule has 0 amide bonds. The maximum atomic E-state index is 6.03. The molecule has 0 radical (unpaired) electrons. The molecule has 0 spiro atoms. The molecule has 1 N–H and O–H groups in total. The van der Waals surface area contributed by atoms with Gasteiger partial charge in [0.05, 0.1) is 6.61 Å². The van der Waals surface area contributed by atoms with Crippen molar-refractivity contribution >= 4 is 0 Å². The van der Waals surface area contributed by atoms with Crippen LogP contribution in [-0.4, -0.2) is 32.4 Å². The fourth-order valence-electron chi connectivity index (χ4n) is 2.50. The predicted octanol–water partition coefficient (Wildman–Crippen LogP) is 2.11. The van der Waals surface area contributed by atoms with Crippen molar-refractivity contribution < 1.29 is 14.2 Å². The lowest BCUT2D eigenvalue weighted by Crippen LogP contribution is -2.48. The summed E-state index contributed by atoms with van der Waals surface area (Å²) in [5.41, 5.74) is 0. The zero-order valence-corrected chi connectivity index (χ0v) is 11.1. The second-order valence-corrected chi connectivity index (χ2v) is 4.78. The van der Waals surface area contributed by atoms with E-state index in [1.165, 1.54) is 0 Å². The number of hydrogen-bond acceptors (Lipinski definition) is 4. The van der Waals surface area contributed by atoms with Crippen molar-refractivity contribution in [3.05, 3.63) is 36.1 Å². The van der Waals surface area contributed by atoms with E-state index in [0.717, 1.165) is 36.7 Å². The van der Waals surface area contributed by atoms with Crippen molar-refractivity contribution in [2.45, 2.75) is 25.0 Å². The molecule has 0 saturated heterocycles. The Bertz CT molecular complexity index is 472. The van der Waals surface area contributed by atoms with Crippen LogP contribution in [0.5, 0.6) is 11.5 Å². The minimum atomic E-state index is -0.0655. The number of likely N-dealkylation sites (N-methyl/N-ethyl adjacent to an activating group) is 1. The zero-order valence-electron chi connectivity index (χ0n) is 11.1. The molecular formula is C15H19NO3. The highest BCUT2D eigenvalue weighted by molar-refractivity contribution is 5.41. The number of nitrogens with one attached hydrogen (secondary N) is 1. The van der Waals surface area contributed by atoms with E-state index in [2.05, 4.69) is 11.4 Å². The van der Waals surface area contributed by atoms with Crippen LogP contribution in [0.15, 0.2) is 36.1 Å². The molecule has 0 saturated carbocycles. The molecule has 19 heavy (non-hydrogen) atoms. The molecule has 2 aliphatic heterocycles. The predicted molar refractivity (Wildman–Crippen MR) is 72.5 cm³/mol. The molecule has 4 nitrogen and oxygen atoms in total. The van der Waals surface area contributed by atoms with Gasteiger partial charge in [-0.2, -0.15) is 0 Å². The first-order chi connectivity index (χ1) is 9.38. The van der Waals surface area contributed by atoms with Crippen molar-refractivity contribution in [1.82, 2.24) is 5.32 Å². The van der Waals surface area contributed by atoms with Gasteiger partial charge in [0.1, 0.15) is 18.4 Å². The van der Waals surface area contributed by atoms with Crippen LogP contribution in [0, 0.1) is 0 Å². The van der Waals surface area contributed by atoms with Gasteiger partial charge in [-0.1, -0.05) is 12.1 Å². The molecule has 0 bridgehead atoms. The van der Waals surface area contributed by atoms with E-state index >= 15 is 0 Å². The van der Waals surface area contributed by atoms with Gasteiger partial charge >= 0.3 is 0 Å². The summed E-state index contributed by atoms with van der Waals surface area (Å²) in [6, 6.07) is 7.80. The Labute approximate surface area is 113 Å². The number of ether oxygens (including phenoxy) is 3. The highest BCUT2D eigenvalue weighted by Gasteiger charge is 2.31. The Morgan fingerprint density at radius 3 is 2.79 bits per heavy atom. The summed E-state index contributed by atoms with van der Waals surface area (Å²) in [7, 11) is 1.92. The van der Waals surface area contributed by atoms with Crippen LogP contribution in [0.4, 0.5) is 0 Å². The van der Waals surface area contributed by atoms with Crippen molar-refractivity contribution in [1.29, 1.82) is 0 Å². The minimum absolute atomic E-state index is 0.0358. The molecule has 0 aliphatic carbocycles. The molecule has 2 atom stereocenters. The highest BCUT2D eigenvalue weighted by atomic mass is 16.6. The van der Waals surface area contributed by atoms with Crippen LogP contribution in [0.2, 0.25) is 0 Å². The third-order valence-electron chi connectivity index (χ3n) is 3.48. The molecule has 2 unspecified atom stereocenters. The van der Waals surface area contributed by atoms with Crippen molar-refractivity contribution in [2.24, 2.45) is 0 Å². The lowest BCUT2D eigenvalue weighted by molar-refractivity contribution is 0.0487. The van der Waals surface area contributed by atoms with Gasteiger partial charge in [0.25, 0.3) is 0 Å². The Morgan fingerprint density at radius 2 is 2.05 bits per heavy atom. The Kier molecular flexibility index (Phi) is 3.60. The standard InChI is InChI=1S/C15H19NO3/c1-16-15(13-8-4-5-9-17-13)14-10-18-11-6-2-3-7-12(11)19-14/h2-3,6-8,14-16H,4-5,9-10H2,1H3. The molecule has 1 aromatic carbocycles. The molecule has 0 fully saturated rings. The molecule has 2 aliphatic rings. The largest absolute Gasteiger partial charge is 0.496 e. The third-order valence-corrected chi connectivity index (χ3v) is 3.48. The van der Waals surface area contributed by atoms with E-state index in [1.54, 1.807) is 0 Å². The van der Waals surface area contributed by atoms with Crippen molar-refractivity contribution in [3.8, 4) is 11.5 Å². The van der Waals surface area contributed by atoms with Gasteiger partial charge in [0, 0.05) is 0 Å². The quantitative estimate of drug-likeness (QED) is 0.904. The van der Waals surface area contributed by atoms with E-state index in [9.17, 15) is 0 Å². The maximum Gasteiger partial charge on any atom is 0.161 e. The monoisotopic (exact) mass is 261 g/mol. The van der Waals surface area contributed by atoms with Gasteiger partial charge in [-0.15, -0.1) is 0 Å². The van der Waals surface area contributed by atoms with E-state index in [1.807, 2.05) is 31.3 Å². The van der Waals surface area contributed by atoms with Crippen LogP contribution < -0.4 is 14.8 Å². The second kappa shape index (κ2) is 5.53. The van der Waals surface area contributed by atoms with E-state index < -0.39 is 0 Å². The molecular weight excluding hydrogens is 242 g/mol. The Morgan fingerprint density at radius 1 is 1.21 bits per heavy atom. The highest BCUT2D eigenvalue weighted by Crippen LogP contribution is 2.32. The van der Waals surface area contributed by atoms with E-state index in [4.69, 9.17) is 14.2 Å². The fourth-order valence-corrected chi connectivity index (χ4v) is 2.50. The second-order valence-electron chi connectivity index (χ2n) is 4.78. The molecule has 1 aromatic rings. The SMILES string of the molecule is CNC(C1=CCCCO1)C1COc2ccccc2O1. The van der Waals surface area contributed by atoms with Gasteiger partial charge in [0.15, 0.2) is 17.6 Å². The average Bonchev–Trinajstić information content (AvgIpc) is 2.49. The fraction of sp³-hybridized carbons (Fsp3) is 0.467. The molecule has 0 aromatic heterocycles. The molecule has 102 valence electrons. The summed E-state index contributed by atoms with van der Waals surface area (Å²) in [6.07, 6.45) is 4.24. The van der Waals surface area contributed by atoms with Crippen LogP contribution >= 0.6 is 0 Å². The number of allylic oxidation sites excluding steroid dienone is 1. The van der Waals surface area contributed by atoms with Crippen LogP contribution in [0.25, 0.3) is 0 Å². The van der Waals surface area contributed by atoms with Gasteiger partial charge in [-0.05, 0) is 38.1 Å². The smallest absolute Gasteiger partial charge is 0.161 e. The van der Waals surface area contributed by atoms with E-state index in [-0.39, 0.29) is 12.1 Å². The summed E-state index contributed by atoms with van der Waals surface area (Å²) in [5.74, 6) is 2.59. The van der Waals surface area contributed by atoms with Crippen LogP contribution in [-0.2, 0) is 4.74 Å². The number of rotatable bonds is 3. The summed E-state index contributed by atoms with van der Waals surface area (Å²) in [6.45, 7) is 1.32. The Balaban J connectivity index is 1.77. The van der Waals surface area contributed by atoms with Crippen molar-refractivity contribution in [2.75, 3.05) is 20.3 Å². The van der Waals surface area contributed by atoms with Gasteiger partial charge in [0.2, 0.25) is 0 Å². The summed E-state index contributed by atoms with van der Waals surface area (Å²) >= 11 is 0. The number of benzene rings is 1. The lowest BCUT2D eigenvalue weighted by Gasteiger charge is -2.33. The van der Waals surface area contributed by atoms with Crippen LogP contribution in [0.1, 0.15) is 12.8 Å². The third kappa shape index (κ3) is 2.54. The van der Waals surface area contributed by atoms with Crippen LogP contribution in [0.3, 0.4) is 0 Å². The first kappa shape index (κ1) is 12.4. The van der Waals surface area contributed by atoms with Crippen molar-refractivity contribution in [3.63, 3.8) is 0 Å². The maximum absolute atomic E-state index is 6.03. The Hall–Kier alpha value is -1.68. The number of hydrogen-bond donors (Lipinski definition) is 1. The summed E-state index contributed by atoms with van der Waals surface area (Å²) in [5, 5.41) is 3.27. The van der Waals surface area contributed by atoms with Gasteiger partial charge < -0.3 is 19.5 Å². The molecule has 3 rings (SSSR count). The summed E-state index contributed by atoms with van der Waals surface area (Å²) in [4.78, 5) is 0. The number of fused-ring (bicyclic) bond motifs is 1. The average molecular weight is 261 g/mol. The van der Waals surface area contributed by atoms with Gasteiger partial charge in [-0.3, -0.25) is 0 Å². The first-order valence-corrected chi connectivity index (χ1v) is 6.77. The summed E-state index contributed by atoms with van der Waals surface area (Å²) < 4.78 is 17.5. The molecule has 4 heteroatoms. The van der Waals surface area contributed by atoms with Gasteiger partial charge in [-0.25, -0.2) is 0 Å².